The van der Waals surface area contributed by atoms with Gasteiger partial charge in [-0.05, 0) is 48.6 Å². The fourth-order valence-electron chi connectivity index (χ4n) is 4.79. The Balaban J connectivity index is 1.32. The predicted octanol–water partition coefficient (Wildman–Crippen LogP) is 2.29. The molecule has 2 unspecified atom stereocenters. The number of nitrogens with two attached hydrogens (primary N) is 1. The van der Waals surface area contributed by atoms with Crippen molar-refractivity contribution in [3.05, 3.63) is 101 Å². The van der Waals surface area contributed by atoms with Gasteiger partial charge in [0.05, 0.1) is 6.04 Å². The minimum absolute atomic E-state index is 0.000386. The Hall–Kier alpha value is -4.21. The number of piperazine rings is 1. The molecule has 0 aromatic heterocycles. The van der Waals surface area contributed by atoms with Crippen molar-refractivity contribution < 1.29 is 9.59 Å². The minimum Gasteiger partial charge on any atom is -0.384 e. The molecule has 216 valence electrons. The molecule has 4 rings (SSSR count). The van der Waals surface area contributed by atoms with Gasteiger partial charge in [-0.3, -0.25) is 15.0 Å². The number of hydrogen-bond donors (Lipinski definition) is 6. The number of carbonyl (C=O) groups excluding carboxylic acids is 2. The number of benzene rings is 3. The first kappa shape index (κ1) is 29.8. The van der Waals surface area contributed by atoms with E-state index in [2.05, 4.69) is 62.6 Å². The molecule has 9 heteroatoms. The summed E-state index contributed by atoms with van der Waals surface area (Å²) in [6.07, 6.45) is 1.34. The highest BCUT2D eigenvalue weighted by molar-refractivity contribution is 5.95. The fraction of sp³-hybridized carbons (Fsp3) is 0.344. The summed E-state index contributed by atoms with van der Waals surface area (Å²) in [6.45, 7) is 6.53. The molecule has 2 amide bonds. The fourth-order valence-corrected chi connectivity index (χ4v) is 4.79. The molecule has 9 nitrogen and oxygen atoms in total. The third-order valence-electron chi connectivity index (χ3n) is 7.34. The number of nitrogens with one attached hydrogen (secondary N) is 5. The molecule has 41 heavy (non-hydrogen) atoms. The number of aryl methyl sites for hydroxylation is 1. The molecule has 0 radical (unpaired) electrons. The SMILES string of the molecule is CC(NC(=O)C(CCc1ccccc1)NCc1ccc(N2CCNCC2)cc1)C(=O)NCc1ccc(C(=N)N)cc1. The molecule has 7 N–H and O–H groups in total. The van der Waals surface area contributed by atoms with Gasteiger partial charge < -0.3 is 31.9 Å². The van der Waals surface area contributed by atoms with Gasteiger partial charge in [0.1, 0.15) is 11.9 Å². The van der Waals surface area contributed by atoms with E-state index >= 15 is 0 Å². The molecule has 3 aromatic rings. The van der Waals surface area contributed by atoms with E-state index in [1.165, 1.54) is 5.69 Å². The van der Waals surface area contributed by atoms with Crippen molar-refractivity contribution in [1.82, 2.24) is 21.3 Å². The van der Waals surface area contributed by atoms with Crippen LogP contribution in [0.5, 0.6) is 0 Å². The first-order valence-electron chi connectivity index (χ1n) is 14.2. The van der Waals surface area contributed by atoms with Gasteiger partial charge in [-0.1, -0.05) is 66.7 Å². The maximum atomic E-state index is 13.3. The average Bonchev–Trinajstić information content (AvgIpc) is 3.01. The molecule has 2 atom stereocenters. The van der Waals surface area contributed by atoms with Crippen molar-refractivity contribution >= 4 is 23.3 Å². The Labute approximate surface area is 242 Å². The van der Waals surface area contributed by atoms with Crippen LogP contribution in [0.15, 0.2) is 78.9 Å². The topological polar surface area (TPSA) is 135 Å². The number of nitrogen functional groups attached to an aromatic ring is 1. The van der Waals surface area contributed by atoms with Crippen LogP contribution in [0.4, 0.5) is 5.69 Å². The lowest BCUT2D eigenvalue weighted by molar-refractivity contribution is -0.129. The second-order valence-corrected chi connectivity index (χ2v) is 10.4. The second-order valence-electron chi connectivity index (χ2n) is 10.4. The van der Waals surface area contributed by atoms with E-state index in [4.69, 9.17) is 11.1 Å². The Kier molecular flexibility index (Phi) is 10.9. The van der Waals surface area contributed by atoms with Crippen molar-refractivity contribution in [2.24, 2.45) is 5.73 Å². The van der Waals surface area contributed by atoms with E-state index in [1.54, 1.807) is 19.1 Å². The zero-order valence-electron chi connectivity index (χ0n) is 23.7. The van der Waals surface area contributed by atoms with Gasteiger partial charge in [0.15, 0.2) is 0 Å². The van der Waals surface area contributed by atoms with Crippen LogP contribution in [-0.2, 0) is 29.1 Å². The standard InChI is InChI=1S/C32H41N7O2/c1-23(31(40)37-22-25-7-12-27(13-8-25)30(33)34)38-32(41)29(16-11-24-5-3-2-4-6-24)36-21-26-9-14-28(15-10-26)39-19-17-35-18-20-39/h2-10,12-15,23,29,35-36H,11,16-22H2,1H3,(H3,33,34)(H,37,40)(H,38,41). The van der Waals surface area contributed by atoms with E-state index in [-0.39, 0.29) is 17.6 Å². The highest BCUT2D eigenvalue weighted by Gasteiger charge is 2.23. The molecule has 0 aliphatic carbocycles. The summed E-state index contributed by atoms with van der Waals surface area (Å²) in [5.41, 5.74) is 10.5. The van der Waals surface area contributed by atoms with E-state index in [1.807, 2.05) is 30.3 Å². The quantitative estimate of drug-likeness (QED) is 0.142. The number of anilines is 1. The predicted molar refractivity (Wildman–Crippen MR) is 164 cm³/mol. The lowest BCUT2D eigenvalue weighted by Crippen LogP contribution is -2.51. The highest BCUT2D eigenvalue weighted by Crippen LogP contribution is 2.16. The molecule has 1 fully saturated rings. The average molecular weight is 556 g/mol. The molecule has 0 bridgehead atoms. The molecule has 0 saturated carbocycles. The van der Waals surface area contributed by atoms with Gasteiger partial charge in [0, 0.05) is 50.5 Å². The number of amides is 2. The van der Waals surface area contributed by atoms with Crippen molar-refractivity contribution in [3.63, 3.8) is 0 Å². The zero-order chi connectivity index (χ0) is 29.0. The summed E-state index contributed by atoms with van der Waals surface area (Å²) in [6, 6.07) is 24.6. The molecule has 0 spiro atoms. The van der Waals surface area contributed by atoms with Crippen LogP contribution in [0.25, 0.3) is 0 Å². The Morgan fingerprint density at radius 1 is 0.878 bits per heavy atom. The van der Waals surface area contributed by atoms with Crippen LogP contribution in [0.3, 0.4) is 0 Å². The number of hydrogen-bond acceptors (Lipinski definition) is 6. The lowest BCUT2D eigenvalue weighted by atomic mass is 10.0. The molecular formula is C32H41N7O2. The maximum absolute atomic E-state index is 13.3. The van der Waals surface area contributed by atoms with Crippen LogP contribution in [-0.4, -0.2) is 55.9 Å². The van der Waals surface area contributed by atoms with Crippen LogP contribution in [0, 0.1) is 5.41 Å². The van der Waals surface area contributed by atoms with Crippen molar-refractivity contribution in [3.8, 4) is 0 Å². The Bertz CT molecular complexity index is 1270. The number of rotatable bonds is 13. The number of amidine groups is 1. The van der Waals surface area contributed by atoms with E-state index in [0.29, 0.717) is 25.1 Å². The molecule has 3 aromatic carbocycles. The normalized spacial score (nSPS) is 14.6. The molecule has 1 saturated heterocycles. The first-order chi connectivity index (χ1) is 19.9. The van der Waals surface area contributed by atoms with Crippen LogP contribution in [0.1, 0.15) is 35.6 Å². The van der Waals surface area contributed by atoms with Gasteiger partial charge in [-0.2, -0.15) is 0 Å². The third kappa shape index (κ3) is 9.16. The van der Waals surface area contributed by atoms with Crippen LogP contribution >= 0.6 is 0 Å². The molecule has 1 aliphatic heterocycles. The van der Waals surface area contributed by atoms with Gasteiger partial charge in [0.2, 0.25) is 11.8 Å². The molecule has 1 aliphatic rings. The summed E-state index contributed by atoms with van der Waals surface area (Å²) in [7, 11) is 0. The maximum Gasteiger partial charge on any atom is 0.242 e. The lowest BCUT2D eigenvalue weighted by Gasteiger charge is -2.29. The third-order valence-corrected chi connectivity index (χ3v) is 7.34. The van der Waals surface area contributed by atoms with Gasteiger partial charge >= 0.3 is 0 Å². The van der Waals surface area contributed by atoms with E-state index in [9.17, 15) is 9.59 Å². The summed E-state index contributed by atoms with van der Waals surface area (Å²) in [4.78, 5) is 28.5. The molecule has 1 heterocycles. The monoisotopic (exact) mass is 555 g/mol. The highest BCUT2D eigenvalue weighted by atomic mass is 16.2. The zero-order valence-corrected chi connectivity index (χ0v) is 23.7. The van der Waals surface area contributed by atoms with Gasteiger partial charge in [-0.25, -0.2) is 0 Å². The number of nitrogens with zero attached hydrogens (tertiary/aromatic N) is 1. The van der Waals surface area contributed by atoms with Gasteiger partial charge in [-0.15, -0.1) is 0 Å². The summed E-state index contributed by atoms with van der Waals surface area (Å²) >= 11 is 0. The Morgan fingerprint density at radius 3 is 2.17 bits per heavy atom. The minimum atomic E-state index is -0.696. The van der Waals surface area contributed by atoms with E-state index < -0.39 is 12.1 Å². The smallest absolute Gasteiger partial charge is 0.242 e. The number of carbonyl (C=O) groups is 2. The summed E-state index contributed by atoms with van der Waals surface area (Å²) < 4.78 is 0. The van der Waals surface area contributed by atoms with E-state index in [0.717, 1.165) is 49.3 Å². The van der Waals surface area contributed by atoms with Crippen LogP contribution < -0.4 is 31.9 Å². The largest absolute Gasteiger partial charge is 0.384 e. The van der Waals surface area contributed by atoms with Gasteiger partial charge in [0.25, 0.3) is 0 Å². The summed E-state index contributed by atoms with van der Waals surface area (Å²) in [5, 5.41) is 20.1. The van der Waals surface area contributed by atoms with Crippen LogP contribution in [0.2, 0.25) is 0 Å². The van der Waals surface area contributed by atoms with Crippen molar-refractivity contribution in [2.75, 3.05) is 31.1 Å². The van der Waals surface area contributed by atoms with Crippen molar-refractivity contribution in [2.45, 2.75) is 44.9 Å². The molecular weight excluding hydrogens is 514 g/mol. The summed E-state index contributed by atoms with van der Waals surface area (Å²) in [5.74, 6) is -0.467. The Morgan fingerprint density at radius 2 is 1.51 bits per heavy atom. The second kappa shape index (κ2) is 15.0. The van der Waals surface area contributed by atoms with Crippen molar-refractivity contribution in [1.29, 1.82) is 5.41 Å². The first-order valence-corrected chi connectivity index (χ1v) is 14.2.